The minimum atomic E-state index is -0.135. The number of hydrogen-bond acceptors (Lipinski definition) is 4. The molecule has 0 aliphatic carbocycles. The van der Waals surface area contributed by atoms with Crippen LogP contribution in [-0.2, 0) is 4.79 Å². The standard InChI is InChI=1S/C16H14N4O2/c1-9-14-11(7-13(21)18-15(14)20-19-9)12-8-22-16(17-12)10-5-3-2-4-6-10/h2-6,8,11H,7H2,1H3,(H2,18,19,20,21). The van der Waals surface area contributed by atoms with Gasteiger partial charge in [0.15, 0.2) is 5.82 Å². The molecule has 1 aromatic carbocycles. The minimum absolute atomic E-state index is 0.0618. The fourth-order valence-corrected chi connectivity index (χ4v) is 2.84. The largest absolute Gasteiger partial charge is 0.444 e. The van der Waals surface area contributed by atoms with Crippen molar-refractivity contribution < 1.29 is 9.21 Å². The number of rotatable bonds is 2. The molecule has 1 atom stereocenters. The maximum absolute atomic E-state index is 11.9. The molecule has 1 amide bonds. The van der Waals surface area contributed by atoms with E-state index in [1.165, 1.54) is 0 Å². The lowest BCUT2D eigenvalue weighted by Gasteiger charge is -2.20. The van der Waals surface area contributed by atoms with Crippen molar-refractivity contribution in [3.8, 4) is 11.5 Å². The maximum Gasteiger partial charge on any atom is 0.226 e. The molecule has 0 saturated heterocycles. The molecule has 4 rings (SSSR count). The molecule has 0 radical (unpaired) electrons. The van der Waals surface area contributed by atoms with E-state index in [4.69, 9.17) is 4.42 Å². The van der Waals surface area contributed by atoms with Crippen molar-refractivity contribution in [2.75, 3.05) is 5.32 Å². The Morgan fingerprint density at radius 1 is 1.27 bits per heavy atom. The van der Waals surface area contributed by atoms with Crippen molar-refractivity contribution in [2.45, 2.75) is 19.3 Å². The summed E-state index contributed by atoms with van der Waals surface area (Å²) in [4.78, 5) is 16.4. The molecule has 3 heterocycles. The van der Waals surface area contributed by atoms with Gasteiger partial charge < -0.3 is 9.73 Å². The fourth-order valence-electron chi connectivity index (χ4n) is 2.84. The number of carbonyl (C=O) groups is 1. The second-order valence-electron chi connectivity index (χ2n) is 5.36. The van der Waals surface area contributed by atoms with E-state index in [2.05, 4.69) is 20.5 Å². The number of hydrogen-bond donors (Lipinski definition) is 2. The average Bonchev–Trinajstić information content (AvgIpc) is 3.15. The molecule has 3 aromatic rings. The van der Waals surface area contributed by atoms with Crippen LogP contribution in [0.3, 0.4) is 0 Å². The number of carbonyl (C=O) groups excluding carboxylic acids is 1. The van der Waals surface area contributed by atoms with Crippen LogP contribution in [0.15, 0.2) is 41.0 Å². The third-order valence-corrected chi connectivity index (χ3v) is 3.89. The molecule has 22 heavy (non-hydrogen) atoms. The highest BCUT2D eigenvalue weighted by Crippen LogP contribution is 2.38. The predicted octanol–water partition coefficient (Wildman–Crippen LogP) is 2.85. The summed E-state index contributed by atoms with van der Waals surface area (Å²) in [6, 6.07) is 9.70. The lowest BCUT2D eigenvalue weighted by atomic mass is 9.90. The number of H-pyrrole nitrogens is 1. The van der Waals surface area contributed by atoms with Crippen LogP contribution >= 0.6 is 0 Å². The minimum Gasteiger partial charge on any atom is -0.444 e. The topological polar surface area (TPSA) is 83.8 Å². The predicted molar refractivity (Wildman–Crippen MR) is 80.4 cm³/mol. The van der Waals surface area contributed by atoms with Gasteiger partial charge >= 0.3 is 0 Å². The Kier molecular flexibility index (Phi) is 2.82. The highest BCUT2D eigenvalue weighted by molar-refractivity contribution is 5.94. The zero-order chi connectivity index (χ0) is 15.1. The van der Waals surface area contributed by atoms with Gasteiger partial charge in [-0.2, -0.15) is 5.10 Å². The number of anilines is 1. The first-order valence-electron chi connectivity index (χ1n) is 7.08. The van der Waals surface area contributed by atoms with Gasteiger partial charge in [-0.1, -0.05) is 18.2 Å². The van der Waals surface area contributed by atoms with Gasteiger partial charge in [0.25, 0.3) is 0 Å². The van der Waals surface area contributed by atoms with Gasteiger partial charge in [-0.25, -0.2) is 4.98 Å². The van der Waals surface area contributed by atoms with Crippen LogP contribution in [0.5, 0.6) is 0 Å². The van der Waals surface area contributed by atoms with E-state index in [9.17, 15) is 4.79 Å². The highest BCUT2D eigenvalue weighted by atomic mass is 16.3. The molecule has 110 valence electrons. The van der Waals surface area contributed by atoms with Gasteiger partial charge in [0, 0.05) is 29.2 Å². The Morgan fingerprint density at radius 2 is 2.09 bits per heavy atom. The Balaban J connectivity index is 1.75. The molecular weight excluding hydrogens is 280 g/mol. The summed E-state index contributed by atoms with van der Waals surface area (Å²) in [5, 5.41) is 9.83. The fraction of sp³-hybridized carbons (Fsp3) is 0.188. The van der Waals surface area contributed by atoms with Crippen LogP contribution in [-0.4, -0.2) is 21.1 Å². The second kappa shape index (κ2) is 4.84. The Labute approximate surface area is 126 Å². The van der Waals surface area contributed by atoms with Crippen LogP contribution in [0.1, 0.15) is 29.3 Å². The lowest BCUT2D eigenvalue weighted by Crippen LogP contribution is -2.23. The monoisotopic (exact) mass is 294 g/mol. The molecule has 6 nitrogen and oxygen atoms in total. The smallest absolute Gasteiger partial charge is 0.226 e. The summed E-state index contributed by atoms with van der Waals surface area (Å²) in [6.45, 7) is 1.94. The quantitative estimate of drug-likeness (QED) is 0.761. The molecular formula is C16H14N4O2. The number of amides is 1. The number of benzene rings is 1. The summed E-state index contributed by atoms with van der Waals surface area (Å²) in [5.74, 6) is 0.948. The number of aryl methyl sites for hydroxylation is 1. The van der Waals surface area contributed by atoms with Gasteiger partial charge in [0.2, 0.25) is 11.8 Å². The van der Waals surface area contributed by atoms with E-state index in [0.717, 1.165) is 22.5 Å². The van der Waals surface area contributed by atoms with E-state index in [1.807, 2.05) is 37.3 Å². The lowest BCUT2D eigenvalue weighted by molar-refractivity contribution is -0.116. The molecule has 1 unspecified atom stereocenters. The molecule has 0 fully saturated rings. The zero-order valence-electron chi connectivity index (χ0n) is 12.0. The molecule has 0 spiro atoms. The van der Waals surface area contributed by atoms with Crippen molar-refractivity contribution in [1.82, 2.24) is 15.2 Å². The average molecular weight is 294 g/mol. The summed E-state index contributed by atoms with van der Waals surface area (Å²) >= 11 is 0. The number of aromatic nitrogens is 3. The molecule has 1 aliphatic heterocycles. The Hall–Kier alpha value is -2.89. The maximum atomic E-state index is 11.9. The Bertz CT molecular complexity index is 835. The third kappa shape index (κ3) is 2.00. The van der Waals surface area contributed by atoms with Gasteiger partial charge in [-0.05, 0) is 19.1 Å². The number of fused-ring (bicyclic) bond motifs is 1. The number of nitrogens with one attached hydrogen (secondary N) is 2. The summed E-state index contributed by atoms with van der Waals surface area (Å²) in [5.41, 5.74) is 3.58. The van der Waals surface area contributed by atoms with Crippen LogP contribution in [0, 0.1) is 6.92 Å². The van der Waals surface area contributed by atoms with Crippen LogP contribution < -0.4 is 5.32 Å². The van der Waals surface area contributed by atoms with Crippen molar-refractivity contribution >= 4 is 11.7 Å². The van der Waals surface area contributed by atoms with Crippen LogP contribution in [0.25, 0.3) is 11.5 Å². The second-order valence-corrected chi connectivity index (χ2v) is 5.36. The van der Waals surface area contributed by atoms with Crippen molar-refractivity contribution in [1.29, 1.82) is 0 Å². The van der Waals surface area contributed by atoms with Gasteiger partial charge in [-0.15, -0.1) is 0 Å². The first kappa shape index (κ1) is 12.8. The van der Waals surface area contributed by atoms with E-state index in [0.29, 0.717) is 18.1 Å². The summed E-state index contributed by atoms with van der Waals surface area (Å²) in [6.07, 6.45) is 1.97. The zero-order valence-corrected chi connectivity index (χ0v) is 12.0. The van der Waals surface area contributed by atoms with Crippen LogP contribution in [0.2, 0.25) is 0 Å². The molecule has 6 heteroatoms. The SMILES string of the molecule is Cc1[nH]nc2c1C(c1coc(-c3ccccc3)n1)CC(=O)N2. The van der Waals surface area contributed by atoms with Crippen LogP contribution in [0.4, 0.5) is 5.82 Å². The van der Waals surface area contributed by atoms with E-state index >= 15 is 0 Å². The van der Waals surface area contributed by atoms with E-state index in [-0.39, 0.29) is 11.8 Å². The van der Waals surface area contributed by atoms with Crippen molar-refractivity contribution in [3.63, 3.8) is 0 Å². The molecule has 2 N–H and O–H groups in total. The van der Waals surface area contributed by atoms with Crippen molar-refractivity contribution in [3.05, 3.63) is 53.5 Å². The number of aromatic amines is 1. The highest BCUT2D eigenvalue weighted by Gasteiger charge is 2.32. The van der Waals surface area contributed by atoms with E-state index < -0.39 is 0 Å². The van der Waals surface area contributed by atoms with Gasteiger partial charge in [0.1, 0.15) is 6.26 Å². The van der Waals surface area contributed by atoms with E-state index in [1.54, 1.807) is 6.26 Å². The molecule has 2 aromatic heterocycles. The normalized spacial score (nSPS) is 17.1. The number of oxazole rings is 1. The van der Waals surface area contributed by atoms with Gasteiger partial charge in [0.05, 0.1) is 5.69 Å². The molecule has 0 saturated carbocycles. The first-order valence-corrected chi connectivity index (χ1v) is 7.08. The summed E-state index contributed by atoms with van der Waals surface area (Å²) < 4.78 is 5.60. The third-order valence-electron chi connectivity index (χ3n) is 3.89. The first-order chi connectivity index (χ1) is 10.7. The Morgan fingerprint density at radius 3 is 2.91 bits per heavy atom. The number of nitrogens with zero attached hydrogens (tertiary/aromatic N) is 2. The summed E-state index contributed by atoms with van der Waals surface area (Å²) in [7, 11) is 0. The van der Waals surface area contributed by atoms with Crippen molar-refractivity contribution in [2.24, 2.45) is 0 Å². The molecule has 1 aliphatic rings. The van der Waals surface area contributed by atoms with Gasteiger partial charge in [-0.3, -0.25) is 9.89 Å². The molecule has 0 bridgehead atoms.